The topological polar surface area (TPSA) is 96.4 Å². The number of esters is 1. The Morgan fingerprint density at radius 3 is 2.58 bits per heavy atom. The lowest BCUT2D eigenvalue weighted by Gasteiger charge is -2.36. The van der Waals surface area contributed by atoms with Gasteiger partial charge in [-0.1, -0.05) is 18.2 Å². The number of carbonyl (C=O) groups excluding carboxylic acids is 3. The molecule has 0 saturated carbocycles. The SMILES string of the molecule is COc1ccc(N2CC=C[C@]34S[C@]5(C)C=CCOC(=O)[C@@H]5[C@H]3C(=O)N(CCO)C4C2=O)cc1. The van der Waals surface area contributed by atoms with E-state index in [2.05, 4.69) is 0 Å². The normalized spacial score (nSPS) is 35.0. The number of aliphatic hydroxyl groups is 1. The molecular formula is C24H26N2O6S. The van der Waals surface area contributed by atoms with Crippen molar-refractivity contribution in [3.63, 3.8) is 0 Å². The molecule has 4 aliphatic heterocycles. The second kappa shape index (κ2) is 7.92. The van der Waals surface area contributed by atoms with E-state index in [9.17, 15) is 19.5 Å². The fourth-order valence-corrected chi connectivity index (χ4v) is 7.85. The minimum absolute atomic E-state index is 0.0205. The molecule has 5 rings (SSSR count). The number of amides is 2. The van der Waals surface area contributed by atoms with Crippen molar-refractivity contribution in [3.8, 4) is 5.75 Å². The van der Waals surface area contributed by atoms with E-state index in [-0.39, 0.29) is 31.6 Å². The first-order chi connectivity index (χ1) is 15.9. The molecule has 4 heterocycles. The number of nitrogens with zero attached hydrogens (tertiary/aromatic N) is 2. The number of carbonyl (C=O) groups is 3. The summed E-state index contributed by atoms with van der Waals surface area (Å²) in [4.78, 5) is 43.9. The number of ether oxygens (including phenoxy) is 2. The standard InChI is InChI=1S/C24H26N2O6S/c1-23-9-4-14-32-22(30)18(23)17-20(28)26(12-13-27)19-21(29)25(11-3-10-24(17,19)33-23)15-5-7-16(31-2)8-6-15/h3-10,17-19,27H,11-14H2,1-2H3/t17-,18-,19?,23+,24-/m0/s1. The molecule has 1 aromatic rings. The summed E-state index contributed by atoms with van der Waals surface area (Å²) in [5.74, 6) is -1.75. The summed E-state index contributed by atoms with van der Waals surface area (Å²) in [6.07, 6.45) is 7.58. The van der Waals surface area contributed by atoms with Crippen molar-refractivity contribution < 1.29 is 29.0 Å². The third-order valence-electron chi connectivity index (χ3n) is 7.04. The Bertz CT molecular complexity index is 1060. The molecule has 0 radical (unpaired) electrons. The number of anilines is 1. The largest absolute Gasteiger partial charge is 0.497 e. The summed E-state index contributed by atoms with van der Waals surface area (Å²) < 4.78 is 9.00. The van der Waals surface area contributed by atoms with Gasteiger partial charge in [0.25, 0.3) is 5.91 Å². The van der Waals surface area contributed by atoms with Gasteiger partial charge >= 0.3 is 5.97 Å². The van der Waals surface area contributed by atoms with Gasteiger partial charge in [0.05, 0.1) is 30.3 Å². The number of methoxy groups -OCH3 is 1. The van der Waals surface area contributed by atoms with Gasteiger partial charge in [-0.2, -0.15) is 0 Å². The predicted octanol–water partition coefficient (Wildman–Crippen LogP) is 1.39. The molecule has 1 spiro atoms. The van der Waals surface area contributed by atoms with Gasteiger partial charge in [-0.3, -0.25) is 14.4 Å². The van der Waals surface area contributed by atoms with Crippen molar-refractivity contribution >= 4 is 35.2 Å². The second-order valence-electron chi connectivity index (χ2n) is 8.83. The third kappa shape index (κ3) is 3.13. The van der Waals surface area contributed by atoms with E-state index < -0.39 is 33.3 Å². The number of hydrogen-bond acceptors (Lipinski definition) is 7. The number of benzene rings is 1. The van der Waals surface area contributed by atoms with Gasteiger partial charge < -0.3 is 24.4 Å². The molecule has 1 N–H and O–H groups in total. The zero-order valence-corrected chi connectivity index (χ0v) is 19.3. The molecule has 1 aromatic carbocycles. The number of fused-ring (bicyclic) bond motifs is 2. The minimum Gasteiger partial charge on any atom is -0.497 e. The molecule has 2 amide bonds. The number of hydrogen-bond donors (Lipinski definition) is 1. The molecule has 1 unspecified atom stereocenters. The zero-order valence-electron chi connectivity index (χ0n) is 18.5. The maximum atomic E-state index is 14.0. The van der Waals surface area contributed by atoms with Crippen molar-refractivity contribution in [1.29, 1.82) is 0 Å². The van der Waals surface area contributed by atoms with Crippen LogP contribution in [0, 0.1) is 11.8 Å². The number of likely N-dealkylation sites (tertiary alicyclic amines) is 1. The van der Waals surface area contributed by atoms with Crippen molar-refractivity contribution in [1.82, 2.24) is 4.90 Å². The fourth-order valence-electron chi connectivity index (χ4n) is 5.70. The van der Waals surface area contributed by atoms with Crippen molar-refractivity contribution in [2.24, 2.45) is 11.8 Å². The van der Waals surface area contributed by atoms with Crippen LogP contribution in [0.15, 0.2) is 48.6 Å². The van der Waals surface area contributed by atoms with Crippen LogP contribution >= 0.6 is 11.8 Å². The molecule has 9 heteroatoms. The van der Waals surface area contributed by atoms with Crippen LogP contribution in [0.25, 0.3) is 0 Å². The first-order valence-electron chi connectivity index (χ1n) is 11.0. The number of thioether (sulfide) groups is 1. The van der Waals surface area contributed by atoms with Crippen molar-refractivity contribution in [2.45, 2.75) is 22.5 Å². The average Bonchev–Trinajstić information content (AvgIpc) is 3.05. The van der Waals surface area contributed by atoms with Crippen LogP contribution in [0.1, 0.15) is 6.92 Å². The number of aliphatic hydroxyl groups excluding tert-OH is 1. The van der Waals surface area contributed by atoms with Gasteiger partial charge in [-0.25, -0.2) is 0 Å². The van der Waals surface area contributed by atoms with Crippen LogP contribution < -0.4 is 9.64 Å². The van der Waals surface area contributed by atoms with Gasteiger partial charge in [0, 0.05) is 23.5 Å². The molecule has 8 nitrogen and oxygen atoms in total. The van der Waals surface area contributed by atoms with E-state index in [1.165, 1.54) is 16.7 Å². The monoisotopic (exact) mass is 470 g/mol. The first kappa shape index (κ1) is 22.0. The Morgan fingerprint density at radius 2 is 1.88 bits per heavy atom. The first-order valence-corrected chi connectivity index (χ1v) is 11.8. The van der Waals surface area contributed by atoms with E-state index in [0.717, 1.165) is 0 Å². The molecular weight excluding hydrogens is 444 g/mol. The molecule has 0 bridgehead atoms. The zero-order chi connectivity index (χ0) is 23.4. The van der Waals surface area contributed by atoms with Crippen LogP contribution in [-0.4, -0.2) is 76.7 Å². The van der Waals surface area contributed by atoms with E-state index in [4.69, 9.17) is 9.47 Å². The lowest BCUT2D eigenvalue weighted by molar-refractivity contribution is -0.152. The molecule has 174 valence electrons. The van der Waals surface area contributed by atoms with Crippen LogP contribution in [0.4, 0.5) is 5.69 Å². The van der Waals surface area contributed by atoms with Crippen molar-refractivity contribution in [3.05, 3.63) is 48.6 Å². The molecule has 4 aliphatic rings. The number of rotatable bonds is 4. The van der Waals surface area contributed by atoms with Crippen LogP contribution in [0.2, 0.25) is 0 Å². The Hall–Kier alpha value is -2.78. The summed E-state index contributed by atoms with van der Waals surface area (Å²) in [6, 6.07) is 6.33. The Kier molecular flexibility index (Phi) is 5.29. The summed E-state index contributed by atoms with van der Waals surface area (Å²) >= 11 is 1.48. The molecule has 2 fully saturated rings. The molecule has 33 heavy (non-hydrogen) atoms. The van der Waals surface area contributed by atoms with Crippen molar-refractivity contribution in [2.75, 3.05) is 38.3 Å². The number of β-amino-alcohol motifs (C(OH)–C–C–N with tert-alkyl or cyclic N) is 1. The smallest absolute Gasteiger partial charge is 0.311 e. The van der Waals surface area contributed by atoms with Gasteiger partial charge in [-0.05, 0) is 37.3 Å². The summed E-state index contributed by atoms with van der Waals surface area (Å²) in [5, 5.41) is 9.71. The highest BCUT2D eigenvalue weighted by atomic mass is 32.2. The average molecular weight is 471 g/mol. The highest BCUT2D eigenvalue weighted by Gasteiger charge is 2.74. The maximum Gasteiger partial charge on any atom is 0.311 e. The third-order valence-corrected chi connectivity index (χ3v) is 8.83. The fraction of sp³-hybridized carbons (Fsp3) is 0.458. The Balaban J connectivity index is 1.62. The van der Waals surface area contributed by atoms with Gasteiger partial charge in [0.15, 0.2) is 0 Å². The second-order valence-corrected chi connectivity index (χ2v) is 10.6. The summed E-state index contributed by atoms with van der Waals surface area (Å²) in [7, 11) is 1.58. The predicted molar refractivity (Wildman–Crippen MR) is 123 cm³/mol. The molecule has 2 saturated heterocycles. The molecule has 0 aliphatic carbocycles. The quantitative estimate of drug-likeness (QED) is 0.525. The maximum absolute atomic E-state index is 14.0. The van der Waals surface area contributed by atoms with E-state index in [1.807, 2.05) is 25.2 Å². The van der Waals surface area contributed by atoms with Gasteiger partial charge in [0.2, 0.25) is 5.91 Å². The van der Waals surface area contributed by atoms with E-state index in [0.29, 0.717) is 18.0 Å². The highest BCUT2D eigenvalue weighted by molar-refractivity contribution is 8.02. The van der Waals surface area contributed by atoms with Crippen LogP contribution in [-0.2, 0) is 19.1 Å². The Labute approximate surface area is 196 Å². The minimum atomic E-state index is -0.940. The molecule has 5 atom stereocenters. The molecule has 0 aromatic heterocycles. The lowest BCUT2D eigenvalue weighted by atomic mass is 9.75. The highest BCUT2D eigenvalue weighted by Crippen LogP contribution is 2.65. The van der Waals surface area contributed by atoms with Crippen LogP contribution in [0.5, 0.6) is 5.75 Å². The van der Waals surface area contributed by atoms with Crippen LogP contribution in [0.3, 0.4) is 0 Å². The summed E-state index contributed by atoms with van der Waals surface area (Å²) in [6.45, 7) is 2.18. The summed E-state index contributed by atoms with van der Waals surface area (Å²) in [5.41, 5.74) is 0.685. The Morgan fingerprint density at radius 1 is 1.12 bits per heavy atom. The van der Waals surface area contributed by atoms with E-state index in [1.54, 1.807) is 42.4 Å². The van der Waals surface area contributed by atoms with E-state index >= 15 is 0 Å². The van der Waals surface area contributed by atoms with Gasteiger partial charge in [0.1, 0.15) is 18.4 Å². The number of cyclic esters (lactones) is 1. The lowest BCUT2D eigenvalue weighted by Crippen LogP contribution is -2.54. The van der Waals surface area contributed by atoms with Gasteiger partial charge in [-0.15, -0.1) is 11.8 Å².